The molecule has 1 fully saturated rings. The summed E-state index contributed by atoms with van der Waals surface area (Å²) in [4.78, 5) is 13.9. The van der Waals surface area contributed by atoms with Crippen LogP contribution in [-0.4, -0.2) is 69.0 Å². The quantitative estimate of drug-likeness (QED) is 0.616. The third-order valence-electron chi connectivity index (χ3n) is 3.03. The topological polar surface area (TPSA) is 76.8 Å². The summed E-state index contributed by atoms with van der Waals surface area (Å²) >= 11 is 0. The molecule has 6 nitrogen and oxygen atoms in total. The first kappa shape index (κ1) is 16.4. The van der Waals surface area contributed by atoms with E-state index in [-0.39, 0.29) is 17.6 Å². The molecule has 1 unspecified atom stereocenters. The Morgan fingerprint density at radius 3 is 2.95 bits per heavy atom. The molecule has 0 aromatic rings. The zero-order chi connectivity index (χ0) is 14.3. The average molecular weight is 273 g/mol. The van der Waals surface area contributed by atoms with Crippen molar-refractivity contribution in [3.05, 3.63) is 0 Å². The summed E-state index contributed by atoms with van der Waals surface area (Å²) in [5, 5.41) is 2.89. The molecule has 1 amide bonds. The molecule has 0 spiro atoms. The second-order valence-corrected chi connectivity index (χ2v) is 5.60. The van der Waals surface area contributed by atoms with Gasteiger partial charge in [-0.2, -0.15) is 0 Å². The van der Waals surface area contributed by atoms with Crippen LogP contribution in [0.1, 0.15) is 20.3 Å². The Morgan fingerprint density at radius 1 is 1.58 bits per heavy atom. The highest BCUT2D eigenvalue weighted by Gasteiger charge is 2.33. The van der Waals surface area contributed by atoms with Crippen molar-refractivity contribution in [3.63, 3.8) is 0 Å². The van der Waals surface area contributed by atoms with Gasteiger partial charge in [0.2, 0.25) is 5.91 Å². The third-order valence-corrected chi connectivity index (χ3v) is 3.03. The second kappa shape index (κ2) is 7.79. The number of carbonyl (C=O) groups is 1. The fourth-order valence-electron chi connectivity index (χ4n) is 2.36. The van der Waals surface area contributed by atoms with Gasteiger partial charge in [-0.3, -0.25) is 9.69 Å². The maximum Gasteiger partial charge on any atom is 0.234 e. The van der Waals surface area contributed by atoms with Gasteiger partial charge in [-0.25, -0.2) is 0 Å². The van der Waals surface area contributed by atoms with Gasteiger partial charge in [0, 0.05) is 39.9 Å². The van der Waals surface area contributed by atoms with Gasteiger partial charge in [0.25, 0.3) is 0 Å². The Balaban J connectivity index is 2.32. The van der Waals surface area contributed by atoms with Gasteiger partial charge in [-0.05, 0) is 20.3 Å². The lowest BCUT2D eigenvalue weighted by atomic mass is 10.1. The van der Waals surface area contributed by atoms with Crippen molar-refractivity contribution in [2.24, 2.45) is 5.73 Å². The molecule has 6 heteroatoms. The summed E-state index contributed by atoms with van der Waals surface area (Å²) in [5.41, 5.74) is 5.41. The number of rotatable bonds is 7. The summed E-state index contributed by atoms with van der Waals surface area (Å²) in [6, 6.07) is 0. The van der Waals surface area contributed by atoms with Crippen LogP contribution in [0.4, 0.5) is 0 Å². The van der Waals surface area contributed by atoms with Crippen molar-refractivity contribution in [3.8, 4) is 0 Å². The lowest BCUT2D eigenvalue weighted by Crippen LogP contribution is -2.56. The fourth-order valence-corrected chi connectivity index (χ4v) is 2.36. The van der Waals surface area contributed by atoms with Crippen molar-refractivity contribution < 1.29 is 14.3 Å². The lowest BCUT2D eigenvalue weighted by Gasteiger charge is -2.42. The normalized spacial score (nSPS) is 23.3. The van der Waals surface area contributed by atoms with E-state index < -0.39 is 0 Å². The number of methoxy groups -OCH3 is 1. The predicted molar refractivity (Wildman–Crippen MR) is 73.9 cm³/mol. The highest BCUT2D eigenvalue weighted by atomic mass is 16.5. The van der Waals surface area contributed by atoms with Crippen LogP contribution >= 0.6 is 0 Å². The standard InChI is InChI=1S/C13H27N3O3/c1-13(2)10-16(8-11(7-14)19-13)9-12(17)15-5-4-6-18-3/h11H,4-10,14H2,1-3H3,(H,15,17). The number of nitrogens with two attached hydrogens (primary N) is 1. The van der Waals surface area contributed by atoms with E-state index in [9.17, 15) is 4.79 Å². The minimum absolute atomic E-state index is 0.00467. The zero-order valence-corrected chi connectivity index (χ0v) is 12.3. The third kappa shape index (κ3) is 6.33. The summed E-state index contributed by atoms with van der Waals surface area (Å²) in [5.74, 6) is 0.0459. The van der Waals surface area contributed by atoms with Gasteiger partial charge < -0.3 is 20.5 Å². The smallest absolute Gasteiger partial charge is 0.234 e. The van der Waals surface area contributed by atoms with Gasteiger partial charge in [0.15, 0.2) is 0 Å². The predicted octanol–water partition coefficient (Wildman–Crippen LogP) is -0.423. The van der Waals surface area contributed by atoms with E-state index in [1.807, 2.05) is 13.8 Å². The molecule has 0 bridgehead atoms. The number of morpholine rings is 1. The number of nitrogens with zero attached hydrogens (tertiary/aromatic N) is 1. The average Bonchev–Trinajstić information content (AvgIpc) is 2.32. The van der Waals surface area contributed by atoms with Crippen molar-refractivity contribution >= 4 is 5.91 Å². The van der Waals surface area contributed by atoms with E-state index in [1.54, 1.807) is 7.11 Å². The molecule has 1 aliphatic heterocycles. The molecule has 112 valence electrons. The number of nitrogens with one attached hydrogen (secondary N) is 1. The molecule has 0 saturated carbocycles. The van der Waals surface area contributed by atoms with Crippen LogP contribution in [0, 0.1) is 0 Å². The number of carbonyl (C=O) groups excluding carboxylic acids is 1. The molecular weight excluding hydrogens is 246 g/mol. The van der Waals surface area contributed by atoms with E-state index in [0.29, 0.717) is 32.8 Å². The minimum atomic E-state index is -0.251. The van der Waals surface area contributed by atoms with Crippen LogP contribution < -0.4 is 11.1 Å². The molecule has 1 atom stereocenters. The zero-order valence-electron chi connectivity index (χ0n) is 12.3. The second-order valence-electron chi connectivity index (χ2n) is 5.60. The van der Waals surface area contributed by atoms with Crippen molar-refractivity contribution in [2.45, 2.75) is 32.0 Å². The molecule has 1 saturated heterocycles. The van der Waals surface area contributed by atoms with Crippen LogP contribution in [0.25, 0.3) is 0 Å². The van der Waals surface area contributed by atoms with Gasteiger partial charge in [0.1, 0.15) is 0 Å². The van der Waals surface area contributed by atoms with E-state index >= 15 is 0 Å². The Hall–Kier alpha value is -0.690. The van der Waals surface area contributed by atoms with Crippen LogP contribution in [0.15, 0.2) is 0 Å². The maximum absolute atomic E-state index is 11.8. The minimum Gasteiger partial charge on any atom is -0.385 e. The molecule has 0 aromatic heterocycles. The SMILES string of the molecule is COCCCNC(=O)CN1CC(CN)OC(C)(C)C1. The summed E-state index contributed by atoms with van der Waals surface area (Å²) in [6.07, 6.45) is 0.840. The lowest BCUT2D eigenvalue weighted by molar-refractivity contribution is -0.141. The molecule has 0 aliphatic carbocycles. The molecule has 0 radical (unpaired) electrons. The summed E-state index contributed by atoms with van der Waals surface area (Å²) in [7, 11) is 1.66. The maximum atomic E-state index is 11.8. The van der Waals surface area contributed by atoms with E-state index in [2.05, 4.69) is 10.2 Å². The van der Waals surface area contributed by atoms with E-state index in [0.717, 1.165) is 13.0 Å². The monoisotopic (exact) mass is 273 g/mol. The van der Waals surface area contributed by atoms with Crippen molar-refractivity contribution in [1.29, 1.82) is 0 Å². The fraction of sp³-hybridized carbons (Fsp3) is 0.923. The molecule has 1 aliphatic rings. The molecule has 1 heterocycles. The Bertz CT molecular complexity index is 284. The highest BCUT2D eigenvalue weighted by molar-refractivity contribution is 5.78. The number of amides is 1. The van der Waals surface area contributed by atoms with Crippen LogP contribution in [0.5, 0.6) is 0 Å². The van der Waals surface area contributed by atoms with Crippen LogP contribution in [0.2, 0.25) is 0 Å². The van der Waals surface area contributed by atoms with Gasteiger partial charge in [0.05, 0.1) is 18.2 Å². The number of hydrogen-bond acceptors (Lipinski definition) is 5. The Morgan fingerprint density at radius 2 is 2.32 bits per heavy atom. The first-order valence-corrected chi connectivity index (χ1v) is 6.82. The van der Waals surface area contributed by atoms with Crippen molar-refractivity contribution in [2.75, 3.05) is 46.4 Å². The highest BCUT2D eigenvalue weighted by Crippen LogP contribution is 2.20. The van der Waals surface area contributed by atoms with Crippen molar-refractivity contribution in [1.82, 2.24) is 10.2 Å². The van der Waals surface area contributed by atoms with Gasteiger partial charge in [-0.15, -0.1) is 0 Å². The molecule has 0 aromatic carbocycles. The van der Waals surface area contributed by atoms with Crippen LogP contribution in [-0.2, 0) is 14.3 Å². The van der Waals surface area contributed by atoms with Gasteiger partial charge in [-0.1, -0.05) is 0 Å². The number of hydrogen-bond donors (Lipinski definition) is 2. The first-order valence-electron chi connectivity index (χ1n) is 6.82. The number of ether oxygens (including phenoxy) is 2. The van der Waals surface area contributed by atoms with E-state index in [1.165, 1.54) is 0 Å². The molecular formula is C13H27N3O3. The summed E-state index contributed by atoms with van der Waals surface area (Å²) in [6.45, 7) is 7.71. The Kier molecular flexibility index (Phi) is 6.71. The van der Waals surface area contributed by atoms with E-state index in [4.69, 9.17) is 15.2 Å². The van der Waals surface area contributed by atoms with Crippen LogP contribution in [0.3, 0.4) is 0 Å². The van der Waals surface area contributed by atoms with Gasteiger partial charge >= 0.3 is 0 Å². The summed E-state index contributed by atoms with van der Waals surface area (Å²) < 4.78 is 10.8. The molecule has 3 N–H and O–H groups in total. The molecule has 19 heavy (non-hydrogen) atoms. The first-order chi connectivity index (χ1) is 8.96. The molecule has 1 rings (SSSR count). The Labute approximate surface area is 115 Å². The largest absolute Gasteiger partial charge is 0.385 e.